The summed E-state index contributed by atoms with van der Waals surface area (Å²) in [6, 6.07) is 0. The molecule has 2 aliphatic rings. The van der Waals surface area contributed by atoms with E-state index in [0.717, 1.165) is 50.1 Å². The van der Waals surface area contributed by atoms with Gasteiger partial charge in [0.05, 0.1) is 6.10 Å². The first-order valence-corrected chi connectivity index (χ1v) is 8.58. The van der Waals surface area contributed by atoms with Gasteiger partial charge < -0.3 is 15.4 Å². The fourth-order valence-corrected chi connectivity index (χ4v) is 3.80. The molecule has 2 unspecified atom stereocenters. The maximum atomic E-state index is 6.11. The smallest absolute Gasteiger partial charge is 0.191 e. The molecule has 2 N–H and O–H groups in total. The lowest BCUT2D eigenvalue weighted by atomic mass is 9.87. The number of hydrogen-bond acceptors (Lipinski definition) is 3. The van der Waals surface area contributed by atoms with Crippen molar-refractivity contribution < 1.29 is 4.74 Å². The van der Waals surface area contributed by atoms with Crippen LogP contribution in [-0.4, -0.2) is 54.7 Å². The average molecular weight is 413 g/mol. The minimum atomic E-state index is 0. The number of hydrogen-bond donors (Lipinski definition) is 1. The third-order valence-electron chi connectivity index (χ3n) is 3.97. The van der Waals surface area contributed by atoms with Crippen LogP contribution >= 0.6 is 35.7 Å². The number of aliphatic imine (C=N–C) groups is 1. The molecule has 4 nitrogen and oxygen atoms in total. The molecule has 6 heteroatoms. The molecular formula is C14H28IN3OS. The van der Waals surface area contributed by atoms with Crippen molar-refractivity contribution in [1.29, 1.82) is 0 Å². The van der Waals surface area contributed by atoms with Crippen LogP contribution in [0, 0.1) is 11.8 Å². The summed E-state index contributed by atoms with van der Waals surface area (Å²) in [6.07, 6.45) is 2.72. The first-order valence-electron chi connectivity index (χ1n) is 7.42. The van der Waals surface area contributed by atoms with Gasteiger partial charge in [0.2, 0.25) is 0 Å². The number of ether oxygens (including phenoxy) is 1. The van der Waals surface area contributed by atoms with E-state index in [0.29, 0.717) is 17.9 Å². The molecule has 0 amide bonds. The quantitative estimate of drug-likeness (QED) is 0.439. The Balaban J connectivity index is 0.00000200. The zero-order chi connectivity index (χ0) is 13.7. The van der Waals surface area contributed by atoms with E-state index in [-0.39, 0.29) is 24.0 Å². The van der Waals surface area contributed by atoms with Gasteiger partial charge in [-0.1, -0.05) is 13.8 Å². The highest BCUT2D eigenvalue weighted by molar-refractivity contribution is 14.0. The Morgan fingerprint density at radius 2 is 2.10 bits per heavy atom. The van der Waals surface area contributed by atoms with E-state index in [1.165, 1.54) is 6.42 Å². The molecule has 0 bridgehead atoms. The van der Waals surface area contributed by atoms with Gasteiger partial charge in [-0.2, -0.15) is 11.8 Å². The van der Waals surface area contributed by atoms with Crippen molar-refractivity contribution in [2.45, 2.75) is 32.8 Å². The highest BCUT2D eigenvalue weighted by Gasteiger charge is 2.28. The third-order valence-corrected chi connectivity index (χ3v) is 4.92. The summed E-state index contributed by atoms with van der Waals surface area (Å²) in [7, 11) is 0. The molecule has 2 saturated heterocycles. The molecular weight excluding hydrogens is 385 g/mol. The van der Waals surface area contributed by atoms with Crippen LogP contribution in [0.3, 0.4) is 0 Å². The fraction of sp³-hybridized carbons (Fsp3) is 0.929. The van der Waals surface area contributed by atoms with E-state index in [4.69, 9.17) is 10.5 Å². The molecule has 2 fully saturated rings. The van der Waals surface area contributed by atoms with Gasteiger partial charge in [0.15, 0.2) is 5.96 Å². The number of nitrogens with two attached hydrogens (primary N) is 1. The van der Waals surface area contributed by atoms with Crippen LogP contribution in [0.5, 0.6) is 0 Å². The van der Waals surface area contributed by atoms with E-state index in [1.807, 2.05) is 11.8 Å². The third kappa shape index (κ3) is 5.26. The number of rotatable bonds is 3. The molecule has 2 heterocycles. The summed E-state index contributed by atoms with van der Waals surface area (Å²) in [5, 5.41) is 0. The summed E-state index contributed by atoms with van der Waals surface area (Å²) in [5.41, 5.74) is 6.11. The minimum Gasteiger partial charge on any atom is -0.378 e. The Hall–Kier alpha value is 0.310. The minimum absolute atomic E-state index is 0. The lowest BCUT2D eigenvalue weighted by Crippen LogP contribution is -2.43. The highest BCUT2D eigenvalue weighted by atomic mass is 127. The standard InChI is InChI=1S/C14H27N3OS.HI/c1-11(2)13-12(4-3-7-18-13)10-16-14(15)17-5-8-19-9-6-17;/h11-13H,3-10H2,1-2H3,(H2,15,16);1H. The van der Waals surface area contributed by atoms with E-state index < -0.39 is 0 Å². The maximum Gasteiger partial charge on any atom is 0.191 e. The molecule has 0 radical (unpaired) electrons. The van der Waals surface area contributed by atoms with E-state index in [2.05, 4.69) is 23.7 Å². The first-order chi connectivity index (χ1) is 9.18. The van der Waals surface area contributed by atoms with Crippen molar-refractivity contribution >= 4 is 41.7 Å². The van der Waals surface area contributed by atoms with Gasteiger partial charge in [-0.3, -0.25) is 4.99 Å². The fourth-order valence-electron chi connectivity index (χ4n) is 2.90. The van der Waals surface area contributed by atoms with Crippen molar-refractivity contribution in [2.75, 3.05) is 37.7 Å². The lowest BCUT2D eigenvalue weighted by molar-refractivity contribution is -0.0491. The van der Waals surface area contributed by atoms with Crippen LogP contribution in [0.4, 0.5) is 0 Å². The maximum absolute atomic E-state index is 6.11. The van der Waals surface area contributed by atoms with Crippen LogP contribution < -0.4 is 5.73 Å². The second kappa shape index (κ2) is 9.35. The second-order valence-corrected chi connectivity index (χ2v) is 7.00. The number of halogens is 1. The molecule has 118 valence electrons. The van der Waals surface area contributed by atoms with Crippen molar-refractivity contribution in [3.05, 3.63) is 0 Å². The van der Waals surface area contributed by atoms with Gasteiger partial charge in [0.1, 0.15) is 0 Å². The Bertz CT molecular complexity index is 309. The molecule has 0 aromatic rings. The molecule has 0 aliphatic carbocycles. The molecule has 2 rings (SSSR count). The van der Waals surface area contributed by atoms with Gasteiger partial charge in [-0.15, -0.1) is 24.0 Å². The van der Waals surface area contributed by atoms with Crippen LogP contribution in [0.25, 0.3) is 0 Å². The molecule has 2 aliphatic heterocycles. The van der Waals surface area contributed by atoms with Crippen LogP contribution in [0.1, 0.15) is 26.7 Å². The molecule has 2 atom stereocenters. The molecule has 20 heavy (non-hydrogen) atoms. The molecule has 0 saturated carbocycles. The first kappa shape index (κ1) is 18.4. The Labute approximate surface area is 144 Å². The SMILES string of the molecule is CC(C)C1OCCCC1CN=C(N)N1CCSCC1.I. The number of nitrogens with zero attached hydrogens (tertiary/aromatic N) is 2. The second-order valence-electron chi connectivity index (χ2n) is 5.78. The van der Waals surface area contributed by atoms with Gasteiger partial charge >= 0.3 is 0 Å². The normalized spacial score (nSPS) is 28.4. The summed E-state index contributed by atoms with van der Waals surface area (Å²) in [6.45, 7) is 8.26. The van der Waals surface area contributed by atoms with E-state index in [1.54, 1.807) is 0 Å². The van der Waals surface area contributed by atoms with Crippen molar-refractivity contribution in [2.24, 2.45) is 22.6 Å². The predicted octanol–water partition coefficient (Wildman–Crippen LogP) is 2.42. The van der Waals surface area contributed by atoms with Gasteiger partial charge in [-0.05, 0) is 18.8 Å². The topological polar surface area (TPSA) is 50.9 Å². The van der Waals surface area contributed by atoms with Gasteiger partial charge in [0, 0.05) is 43.7 Å². The van der Waals surface area contributed by atoms with Crippen molar-refractivity contribution in [1.82, 2.24) is 4.90 Å². The lowest BCUT2D eigenvalue weighted by Gasteiger charge is -2.34. The monoisotopic (exact) mass is 413 g/mol. The zero-order valence-electron chi connectivity index (χ0n) is 12.6. The highest BCUT2D eigenvalue weighted by Crippen LogP contribution is 2.26. The van der Waals surface area contributed by atoms with Crippen molar-refractivity contribution in [3.63, 3.8) is 0 Å². The summed E-state index contributed by atoms with van der Waals surface area (Å²) >= 11 is 1.99. The molecule has 0 spiro atoms. The van der Waals surface area contributed by atoms with Crippen LogP contribution in [0.15, 0.2) is 4.99 Å². The summed E-state index contributed by atoms with van der Waals surface area (Å²) in [5.74, 6) is 4.15. The van der Waals surface area contributed by atoms with Crippen LogP contribution in [-0.2, 0) is 4.74 Å². The summed E-state index contributed by atoms with van der Waals surface area (Å²) < 4.78 is 5.90. The Morgan fingerprint density at radius 1 is 1.40 bits per heavy atom. The van der Waals surface area contributed by atoms with Crippen LogP contribution in [0.2, 0.25) is 0 Å². The predicted molar refractivity (Wildman–Crippen MR) is 98.1 cm³/mol. The Kier molecular flexibility index (Phi) is 8.59. The molecule has 0 aromatic carbocycles. The van der Waals surface area contributed by atoms with E-state index in [9.17, 15) is 0 Å². The number of guanidine groups is 1. The van der Waals surface area contributed by atoms with Gasteiger partial charge in [0.25, 0.3) is 0 Å². The summed E-state index contributed by atoms with van der Waals surface area (Å²) in [4.78, 5) is 6.85. The Morgan fingerprint density at radius 3 is 2.75 bits per heavy atom. The average Bonchev–Trinajstić information content (AvgIpc) is 2.46. The zero-order valence-corrected chi connectivity index (χ0v) is 15.7. The van der Waals surface area contributed by atoms with Crippen molar-refractivity contribution in [3.8, 4) is 0 Å². The molecule has 0 aromatic heterocycles. The largest absolute Gasteiger partial charge is 0.378 e. The number of thioether (sulfide) groups is 1. The van der Waals surface area contributed by atoms with E-state index >= 15 is 0 Å². The van der Waals surface area contributed by atoms with Gasteiger partial charge in [-0.25, -0.2) is 0 Å².